The van der Waals surface area contributed by atoms with Crippen molar-refractivity contribution in [3.63, 3.8) is 0 Å². The Morgan fingerprint density at radius 2 is 2.22 bits per heavy atom. The number of hydrogen-bond acceptors (Lipinski definition) is 3. The van der Waals surface area contributed by atoms with Crippen molar-refractivity contribution < 1.29 is 4.39 Å². The zero-order chi connectivity index (χ0) is 13.3. The molecule has 0 amide bonds. The highest BCUT2D eigenvalue weighted by Crippen LogP contribution is 2.14. The van der Waals surface area contributed by atoms with E-state index in [1.54, 1.807) is 6.92 Å². The maximum atomic E-state index is 13.2. The molecule has 0 saturated carbocycles. The van der Waals surface area contributed by atoms with Crippen LogP contribution in [0.1, 0.15) is 11.4 Å². The molecule has 0 aliphatic heterocycles. The maximum absolute atomic E-state index is 13.2. The normalized spacial score (nSPS) is 10.6. The SMILES string of the molecule is Cc1ncc(I)c(=O)n1Cc1cc(F)ccc1N. The molecule has 0 unspecified atom stereocenters. The third-order valence-electron chi connectivity index (χ3n) is 2.64. The fourth-order valence-corrected chi connectivity index (χ4v) is 2.05. The maximum Gasteiger partial charge on any atom is 0.267 e. The van der Waals surface area contributed by atoms with Crippen molar-refractivity contribution in [1.29, 1.82) is 0 Å². The number of aryl methyl sites for hydroxylation is 1. The number of halogens is 2. The van der Waals surface area contributed by atoms with Crippen LogP contribution in [0.3, 0.4) is 0 Å². The van der Waals surface area contributed by atoms with Gasteiger partial charge in [0.1, 0.15) is 11.6 Å². The number of nitrogens with two attached hydrogens (primary N) is 1. The van der Waals surface area contributed by atoms with Crippen molar-refractivity contribution >= 4 is 28.3 Å². The minimum Gasteiger partial charge on any atom is -0.398 e. The van der Waals surface area contributed by atoms with Crippen molar-refractivity contribution in [1.82, 2.24) is 9.55 Å². The Labute approximate surface area is 117 Å². The number of rotatable bonds is 2. The smallest absolute Gasteiger partial charge is 0.267 e. The predicted molar refractivity (Wildman–Crippen MR) is 75.9 cm³/mol. The van der Waals surface area contributed by atoms with Crippen molar-refractivity contribution in [2.75, 3.05) is 5.73 Å². The zero-order valence-corrected chi connectivity index (χ0v) is 11.8. The average molecular weight is 359 g/mol. The minimum atomic E-state index is -0.372. The standard InChI is InChI=1S/C12H11FIN3O/c1-7-16-5-10(14)12(18)17(7)6-8-4-9(13)2-3-11(8)15/h2-5H,6,15H2,1H3. The van der Waals surface area contributed by atoms with E-state index in [2.05, 4.69) is 4.98 Å². The van der Waals surface area contributed by atoms with E-state index in [1.807, 2.05) is 22.6 Å². The van der Waals surface area contributed by atoms with Crippen LogP contribution in [0.15, 0.2) is 29.2 Å². The molecule has 2 N–H and O–H groups in total. The summed E-state index contributed by atoms with van der Waals surface area (Å²) in [6.45, 7) is 1.95. The lowest BCUT2D eigenvalue weighted by molar-refractivity contribution is 0.621. The Balaban J connectivity index is 2.49. The molecular weight excluding hydrogens is 348 g/mol. The molecule has 0 fully saturated rings. The van der Waals surface area contributed by atoms with Gasteiger partial charge in [0.25, 0.3) is 5.56 Å². The van der Waals surface area contributed by atoms with Gasteiger partial charge in [-0.1, -0.05) is 0 Å². The van der Waals surface area contributed by atoms with E-state index >= 15 is 0 Å². The molecule has 0 aliphatic rings. The Hall–Kier alpha value is -1.44. The fraction of sp³-hybridized carbons (Fsp3) is 0.167. The molecular formula is C12H11FIN3O. The van der Waals surface area contributed by atoms with Crippen LogP contribution in [0.4, 0.5) is 10.1 Å². The van der Waals surface area contributed by atoms with Crippen molar-refractivity contribution in [3.8, 4) is 0 Å². The summed E-state index contributed by atoms with van der Waals surface area (Å²) >= 11 is 1.92. The predicted octanol–water partition coefficient (Wildman–Crippen LogP) is 1.93. The number of anilines is 1. The lowest BCUT2D eigenvalue weighted by Gasteiger charge is -2.11. The van der Waals surface area contributed by atoms with Crippen LogP contribution in [0, 0.1) is 16.3 Å². The third kappa shape index (κ3) is 2.53. The summed E-state index contributed by atoms with van der Waals surface area (Å²) in [4.78, 5) is 16.1. The van der Waals surface area contributed by atoms with Gasteiger partial charge in [-0.2, -0.15) is 0 Å². The Bertz CT molecular complexity index is 654. The molecule has 1 heterocycles. The van der Waals surface area contributed by atoms with E-state index in [1.165, 1.54) is 29.0 Å². The van der Waals surface area contributed by atoms with Gasteiger partial charge in [-0.05, 0) is 53.3 Å². The molecule has 1 aromatic carbocycles. The highest BCUT2D eigenvalue weighted by molar-refractivity contribution is 14.1. The van der Waals surface area contributed by atoms with Crippen LogP contribution in [0.5, 0.6) is 0 Å². The monoisotopic (exact) mass is 359 g/mol. The quantitative estimate of drug-likeness (QED) is 0.659. The minimum absolute atomic E-state index is 0.147. The van der Waals surface area contributed by atoms with Gasteiger partial charge >= 0.3 is 0 Å². The van der Waals surface area contributed by atoms with E-state index < -0.39 is 0 Å². The number of hydrogen-bond donors (Lipinski definition) is 1. The summed E-state index contributed by atoms with van der Waals surface area (Å²) in [5.41, 5.74) is 6.66. The first-order chi connectivity index (χ1) is 8.49. The summed E-state index contributed by atoms with van der Waals surface area (Å²) in [6.07, 6.45) is 1.52. The number of nitrogens with zero attached hydrogens (tertiary/aromatic N) is 2. The van der Waals surface area contributed by atoms with Crippen LogP contribution < -0.4 is 11.3 Å². The second-order valence-corrected chi connectivity index (χ2v) is 5.05. The van der Waals surface area contributed by atoms with Crippen LogP contribution in [0.25, 0.3) is 0 Å². The topological polar surface area (TPSA) is 60.9 Å². The third-order valence-corrected chi connectivity index (χ3v) is 3.38. The molecule has 0 atom stereocenters. The van der Waals surface area contributed by atoms with Gasteiger partial charge < -0.3 is 5.73 Å². The van der Waals surface area contributed by atoms with Crippen molar-refractivity contribution in [2.24, 2.45) is 0 Å². The summed E-state index contributed by atoms with van der Waals surface area (Å²) in [5.74, 6) is 0.201. The Morgan fingerprint density at radius 1 is 1.50 bits per heavy atom. The molecule has 0 radical (unpaired) electrons. The first-order valence-corrected chi connectivity index (χ1v) is 6.33. The number of nitrogen functional groups attached to an aromatic ring is 1. The number of aromatic nitrogens is 2. The number of benzene rings is 1. The van der Waals surface area contributed by atoms with E-state index in [0.717, 1.165) is 0 Å². The summed E-state index contributed by atoms with van der Waals surface area (Å²) in [7, 11) is 0. The second-order valence-electron chi connectivity index (χ2n) is 3.89. The molecule has 0 aliphatic carbocycles. The van der Waals surface area contributed by atoms with Gasteiger partial charge in [0.05, 0.1) is 10.1 Å². The van der Waals surface area contributed by atoms with E-state index in [9.17, 15) is 9.18 Å². The van der Waals surface area contributed by atoms with Crippen LogP contribution in [-0.2, 0) is 6.54 Å². The highest BCUT2D eigenvalue weighted by Gasteiger charge is 2.08. The summed E-state index contributed by atoms with van der Waals surface area (Å²) < 4.78 is 15.2. The fourth-order valence-electron chi connectivity index (χ4n) is 1.62. The average Bonchev–Trinajstić information content (AvgIpc) is 2.34. The Morgan fingerprint density at radius 3 is 2.94 bits per heavy atom. The molecule has 2 rings (SSSR count). The van der Waals surface area contributed by atoms with E-state index in [4.69, 9.17) is 5.73 Å². The molecule has 1 aromatic heterocycles. The van der Waals surface area contributed by atoms with Gasteiger partial charge in [0.15, 0.2) is 0 Å². The van der Waals surface area contributed by atoms with Crippen molar-refractivity contribution in [2.45, 2.75) is 13.5 Å². The molecule has 4 nitrogen and oxygen atoms in total. The first kappa shape index (κ1) is 13.0. The van der Waals surface area contributed by atoms with Crippen LogP contribution in [-0.4, -0.2) is 9.55 Å². The van der Waals surface area contributed by atoms with Gasteiger partial charge in [0.2, 0.25) is 0 Å². The molecule has 2 aromatic rings. The van der Waals surface area contributed by atoms with Crippen molar-refractivity contribution in [3.05, 3.63) is 55.5 Å². The summed E-state index contributed by atoms with van der Waals surface area (Å²) in [5, 5.41) is 0. The molecule has 0 bridgehead atoms. The van der Waals surface area contributed by atoms with E-state index in [-0.39, 0.29) is 17.9 Å². The highest BCUT2D eigenvalue weighted by atomic mass is 127. The first-order valence-electron chi connectivity index (χ1n) is 5.25. The van der Waals surface area contributed by atoms with E-state index in [0.29, 0.717) is 20.6 Å². The van der Waals surface area contributed by atoms with Gasteiger partial charge in [-0.25, -0.2) is 9.37 Å². The second kappa shape index (κ2) is 5.05. The van der Waals surface area contributed by atoms with Gasteiger partial charge in [0, 0.05) is 11.9 Å². The Kier molecular flexibility index (Phi) is 3.65. The lowest BCUT2D eigenvalue weighted by atomic mass is 10.1. The van der Waals surface area contributed by atoms with Crippen LogP contribution in [0.2, 0.25) is 0 Å². The van der Waals surface area contributed by atoms with Crippen LogP contribution >= 0.6 is 22.6 Å². The van der Waals surface area contributed by atoms with Gasteiger partial charge in [-0.3, -0.25) is 9.36 Å². The van der Waals surface area contributed by atoms with Gasteiger partial charge in [-0.15, -0.1) is 0 Å². The molecule has 0 saturated heterocycles. The molecule has 18 heavy (non-hydrogen) atoms. The molecule has 94 valence electrons. The zero-order valence-electron chi connectivity index (χ0n) is 9.65. The lowest BCUT2D eigenvalue weighted by Crippen LogP contribution is -2.26. The molecule has 0 spiro atoms. The summed E-state index contributed by atoms with van der Waals surface area (Å²) in [6, 6.07) is 4.12. The molecule has 6 heteroatoms. The largest absolute Gasteiger partial charge is 0.398 e.